The minimum absolute atomic E-state index is 0.385. The van der Waals surface area contributed by atoms with Gasteiger partial charge in [0.1, 0.15) is 30.4 Å². The van der Waals surface area contributed by atoms with E-state index in [4.69, 9.17) is 21.1 Å². The van der Waals surface area contributed by atoms with Crippen molar-refractivity contribution >= 4 is 28.6 Å². The van der Waals surface area contributed by atoms with Crippen molar-refractivity contribution in [3.63, 3.8) is 0 Å². The number of aliphatic hydroxyl groups excluding tert-OH is 3. The summed E-state index contributed by atoms with van der Waals surface area (Å²) in [5.41, 5.74) is 1.72. The van der Waals surface area contributed by atoms with Gasteiger partial charge in [-0.15, -0.1) is 0 Å². The lowest BCUT2D eigenvalue weighted by molar-refractivity contribution is -0.0511. The molecule has 0 saturated carbocycles. The summed E-state index contributed by atoms with van der Waals surface area (Å²) < 4.78 is 12.4. The van der Waals surface area contributed by atoms with E-state index in [0.717, 1.165) is 5.56 Å². The van der Waals surface area contributed by atoms with E-state index in [1.807, 2.05) is 0 Å². The number of rotatable bonds is 6. The number of methoxy groups -OCH3 is 1. The van der Waals surface area contributed by atoms with E-state index < -0.39 is 31.1 Å². The molecule has 4 rings (SSSR count). The minimum atomic E-state index is -1.23. The second-order valence-corrected chi connectivity index (χ2v) is 7.02. The van der Waals surface area contributed by atoms with Gasteiger partial charge in [-0.25, -0.2) is 15.0 Å². The molecule has 1 aliphatic rings. The number of aromatic nitrogens is 4. The summed E-state index contributed by atoms with van der Waals surface area (Å²) in [6.45, 7) is -0.0266. The molecular weight excluding hydrogens is 402 g/mol. The Morgan fingerprint density at radius 2 is 2.07 bits per heavy atom. The maximum atomic E-state index is 10.3. The van der Waals surface area contributed by atoms with Gasteiger partial charge in [0, 0.05) is 17.1 Å². The molecule has 154 valence electrons. The van der Waals surface area contributed by atoms with Crippen LogP contribution >= 0.6 is 11.6 Å². The van der Waals surface area contributed by atoms with E-state index in [-0.39, 0.29) is 0 Å². The topological polar surface area (TPSA) is 135 Å². The van der Waals surface area contributed by atoms with Crippen LogP contribution in [0.1, 0.15) is 11.8 Å². The maximum absolute atomic E-state index is 10.3. The fourth-order valence-electron chi connectivity index (χ4n) is 3.34. The third-order valence-corrected chi connectivity index (χ3v) is 5.07. The first kappa shape index (κ1) is 19.8. The standard InChI is InChI=1S/C18H20ClN5O5/c1-28-11-3-2-10(19)4-9(11)5-20-16-13-17(22-7-21-16)24(8-23-13)18-15(27)14(26)12(6-25)29-18/h2-4,7-8,12,14-15,18,25-27H,5-6H2,1H3,(H,20,21,22)/t12-,14-,15-,18?/m1/s1. The van der Waals surface area contributed by atoms with Gasteiger partial charge in [-0.3, -0.25) is 4.57 Å². The second-order valence-electron chi connectivity index (χ2n) is 6.58. The van der Waals surface area contributed by atoms with Crippen molar-refractivity contribution in [1.82, 2.24) is 19.5 Å². The molecule has 0 radical (unpaired) electrons. The highest BCUT2D eigenvalue weighted by atomic mass is 35.5. The maximum Gasteiger partial charge on any atom is 0.167 e. The number of nitrogens with one attached hydrogen (secondary N) is 1. The molecule has 4 N–H and O–H groups in total. The summed E-state index contributed by atoms with van der Waals surface area (Å²) in [6, 6.07) is 5.32. The average Bonchev–Trinajstić information content (AvgIpc) is 3.28. The SMILES string of the molecule is COc1ccc(Cl)cc1CNc1ncnc2c1ncn2C1O[C@H](CO)[C@@H](O)[C@H]1O. The molecule has 0 bridgehead atoms. The highest BCUT2D eigenvalue weighted by Crippen LogP contribution is 2.32. The zero-order valence-electron chi connectivity index (χ0n) is 15.4. The number of ether oxygens (including phenoxy) is 2. The summed E-state index contributed by atoms with van der Waals surface area (Å²) >= 11 is 6.08. The smallest absolute Gasteiger partial charge is 0.167 e. The molecule has 3 heterocycles. The molecule has 2 aromatic heterocycles. The van der Waals surface area contributed by atoms with Gasteiger partial charge in [0.05, 0.1) is 20.0 Å². The van der Waals surface area contributed by atoms with Crippen molar-refractivity contribution in [3.8, 4) is 5.75 Å². The molecule has 1 saturated heterocycles. The third-order valence-electron chi connectivity index (χ3n) is 4.84. The first-order chi connectivity index (χ1) is 14.0. The molecule has 0 spiro atoms. The number of benzene rings is 1. The average molecular weight is 422 g/mol. The monoisotopic (exact) mass is 421 g/mol. The van der Waals surface area contributed by atoms with Gasteiger partial charge < -0.3 is 30.1 Å². The first-order valence-electron chi connectivity index (χ1n) is 8.89. The fraction of sp³-hybridized carbons (Fsp3) is 0.389. The van der Waals surface area contributed by atoms with Crippen LogP contribution in [0.4, 0.5) is 5.82 Å². The van der Waals surface area contributed by atoms with Gasteiger partial charge in [-0.1, -0.05) is 11.6 Å². The summed E-state index contributed by atoms with van der Waals surface area (Å²) in [6.07, 6.45) is -1.45. The molecule has 3 aromatic rings. The molecule has 1 unspecified atom stereocenters. The van der Waals surface area contributed by atoms with E-state index in [1.54, 1.807) is 25.3 Å². The minimum Gasteiger partial charge on any atom is -0.496 e. The number of halogens is 1. The van der Waals surface area contributed by atoms with Crippen LogP contribution in [-0.4, -0.2) is 66.9 Å². The highest BCUT2D eigenvalue weighted by Gasteiger charge is 2.44. The Hall–Kier alpha value is -2.50. The van der Waals surface area contributed by atoms with E-state index in [9.17, 15) is 15.3 Å². The number of hydrogen-bond acceptors (Lipinski definition) is 9. The van der Waals surface area contributed by atoms with Crippen molar-refractivity contribution in [2.75, 3.05) is 19.0 Å². The quantitative estimate of drug-likeness (QED) is 0.453. The number of imidazole rings is 1. The van der Waals surface area contributed by atoms with Crippen LogP contribution in [0.25, 0.3) is 11.2 Å². The lowest BCUT2D eigenvalue weighted by Gasteiger charge is -2.16. The number of anilines is 1. The van der Waals surface area contributed by atoms with Crippen molar-refractivity contribution in [2.45, 2.75) is 31.1 Å². The largest absolute Gasteiger partial charge is 0.496 e. The molecule has 0 amide bonds. The molecule has 1 fully saturated rings. The Balaban J connectivity index is 1.61. The van der Waals surface area contributed by atoms with Crippen LogP contribution in [0.5, 0.6) is 5.75 Å². The molecular formula is C18H20ClN5O5. The van der Waals surface area contributed by atoms with Crippen molar-refractivity contribution in [3.05, 3.63) is 41.4 Å². The van der Waals surface area contributed by atoms with Crippen LogP contribution in [0.3, 0.4) is 0 Å². The number of nitrogens with zero attached hydrogens (tertiary/aromatic N) is 4. The predicted octanol–water partition coefficient (Wildman–Crippen LogP) is 0.712. The molecule has 1 aromatic carbocycles. The highest BCUT2D eigenvalue weighted by molar-refractivity contribution is 6.30. The lowest BCUT2D eigenvalue weighted by Crippen LogP contribution is -2.33. The van der Waals surface area contributed by atoms with Gasteiger partial charge in [0.25, 0.3) is 0 Å². The summed E-state index contributed by atoms with van der Waals surface area (Å²) in [7, 11) is 1.58. The third kappa shape index (κ3) is 3.61. The van der Waals surface area contributed by atoms with Gasteiger partial charge >= 0.3 is 0 Å². The zero-order chi connectivity index (χ0) is 20.5. The Morgan fingerprint density at radius 1 is 1.24 bits per heavy atom. The fourth-order valence-corrected chi connectivity index (χ4v) is 3.54. The van der Waals surface area contributed by atoms with E-state index in [2.05, 4.69) is 20.3 Å². The van der Waals surface area contributed by atoms with Crippen molar-refractivity contribution in [2.24, 2.45) is 0 Å². The zero-order valence-corrected chi connectivity index (χ0v) is 16.2. The van der Waals surface area contributed by atoms with Gasteiger partial charge in [0.2, 0.25) is 0 Å². The number of aliphatic hydroxyl groups is 3. The summed E-state index contributed by atoms with van der Waals surface area (Å²) in [5, 5.41) is 33.3. The van der Waals surface area contributed by atoms with Crippen molar-refractivity contribution in [1.29, 1.82) is 0 Å². The lowest BCUT2D eigenvalue weighted by atomic mass is 10.1. The number of hydrogen-bond donors (Lipinski definition) is 4. The van der Waals surface area contributed by atoms with E-state index in [0.29, 0.717) is 34.3 Å². The van der Waals surface area contributed by atoms with Crippen LogP contribution in [-0.2, 0) is 11.3 Å². The van der Waals surface area contributed by atoms with Crippen LogP contribution in [0.15, 0.2) is 30.9 Å². The predicted molar refractivity (Wildman–Crippen MR) is 104 cm³/mol. The first-order valence-corrected chi connectivity index (χ1v) is 9.27. The van der Waals surface area contributed by atoms with E-state index >= 15 is 0 Å². The molecule has 29 heavy (non-hydrogen) atoms. The Labute approximate surface area is 170 Å². The van der Waals surface area contributed by atoms with Crippen LogP contribution in [0, 0.1) is 0 Å². The normalized spacial score (nSPS) is 24.2. The molecule has 10 nitrogen and oxygen atoms in total. The van der Waals surface area contributed by atoms with Crippen molar-refractivity contribution < 1.29 is 24.8 Å². The second kappa shape index (κ2) is 8.09. The Bertz CT molecular complexity index is 1020. The molecule has 1 aliphatic heterocycles. The van der Waals surface area contributed by atoms with Gasteiger partial charge in [0.15, 0.2) is 23.2 Å². The van der Waals surface area contributed by atoms with Gasteiger partial charge in [-0.2, -0.15) is 0 Å². The molecule has 11 heteroatoms. The Kier molecular flexibility index (Phi) is 5.52. The van der Waals surface area contributed by atoms with Crippen LogP contribution < -0.4 is 10.1 Å². The van der Waals surface area contributed by atoms with E-state index in [1.165, 1.54) is 17.2 Å². The number of fused-ring (bicyclic) bond motifs is 1. The van der Waals surface area contributed by atoms with Gasteiger partial charge in [-0.05, 0) is 18.2 Å². The molecule has 0 aliphatic carbocycles. The Morgan fingerprint density at radius 3 is 2.79 bits per heavy atom. The van der Waals surface area contributed by atoms with Crippen LogP contribution in [0.2, 0.25) is 5.02 Å². The summed E-state index contributed by atoms with van der Waals surface area (Å²) in [4.78, 5) is 12.8. The summed E-state index contributed by atoms with van der Waals surface area (Å²) in [5.74, 6) is 1.16. The molecule has 4 atom stereocenters.